The summed E-state index contributed by atoms with van der Waals surface area (Å²) in [6.45, 7) is 3.50. The summed E-state index contributed by atoms with van der Waals surface area (Å²) in [5, 5.41) is 10.4. The van der Waals surface area contributed by atoms with E-state index in [2.05, 4.69) is 37.3 Å². The average Bonchev–Trinajstić information content (AvgIpc) is 3.05. The third kappa shape index (κ3) is 4.07. The topological polar surface area (TPSA) is 79.4 Å². The van der Waals surface area contributed by atoms with Gasteiger partial charge in [-0.1, -0.05) is 12.1 Å². The molecule has 0 unspecified atom stereocenters. The molecule has 1 aliphatic rings. The van der Waals surface area contributed by atoms with Crippen LogP contribution < -0.4 is 5.32 Å². The van der Waals surface area contributed by atoms with Crippen LogP contribution in [0.25, 0.3) is 0 Å². The number of aliphatic imine (C=N–C) groups is 1. The normalized spacial score (nSPS) is 16.4. The molecule has 0 saturated heterocycles. The van der Waals surface area contributed by atoms with Crippen molar-refractivity contribution in [2.45, 2.75) is 38.1 Å². The molecule has 124 valence electrons. The lowest BCUT2D eigenvalue weighted by Gasteiger charge is -2.24. The van der Waals surface area contributed by atoms with Gasteiger partial charge in [0.25, 0.3) is 0 Å². The van der Waals surface area contributed by atoms with E-state index in [4.69, 9.17) is 4.52 Å². The van der Waals surface area contributed by atoms with Crippen molar-refractivity contribution in [2.24, 2.45) is 4.99 Å². The van der Waals surface area contributed by atoms with Crippen LogP contribution >= 0.6 is 11.3 Å². The van der Waals surface area contributed by atoms with Crippen molar-refractivity contribution in [3.05, 3.63) is 28.3 Å². The third-order valence-electron chi connectivity index (χ3n) is 3.82. The van der Waals surface area contributed by atoms with Crippen LogP contribution in [0.2, 0.25) is 0 Å². The van der Waals surface area contributed by atoms with Gasteiger partial charge in [-0.15, -0.1) is 11.3 Å². The molecule has 1 atom stereocenters. The monoisotopic (exact) mass is 334 g/mol. The molecule has 7 nitrogen and oxygen atoms in total. The maximum Gasteiger partial charge on any atom is 0.246 e. The molecular formula is C15H22N6OS. The van der Waals surface area contributed by atoms with E-state index in [1.807, 2.05) is 18.6 Å². The van der Waals surface area contributed by atoms with Crippen molar-refractivity contribution in [3.63, 3.8) is 0 Å². The van der Waals surface area contributed by atoms with Crippen molar-refractivity contribution in [1.29, 1.82) is 0 Å². The second kappa shape index (κ2) is 7.08. The number of rotatable bonds is 6. The Kier molecular flexibility index (Phi) is 4.90. The van der Waals surface area contributed by atoms with E-state index in [0.29, 0.717) is 24.3 Å². The Bertz CT molecular complexity index is 649. The van der Waals surface area contributed by atoms with Crippen LogP contribution in [-0.2, 0) is 6.54 Å². The molecule has 0 bridgehead atoms. The Balaban J connectivity index is 1.51. The molecule has 2 aromatic heterocycles. The third-order valence-corrected chi connectivity index (χ3v) is 4.83. The minimum atomic E-state index is 0.350. The molecule has 0 aromatic carbocycles. The van der Waals surface area contributed by atoms with Crippen LogP contribution in [0.3, 0.4) is 0 Å². The molecular weight excluding hydrogens is 312 g/mol. The highest BCUT2D eigenvalue weighted by atomic mass is 32.1. The second-order valence-electron chi connectivity index (χ2n) is 5.87. The molecule has 1 N–H and O–H groups in total. The lowest BCUT2D eigenvalue weighted by atomic mass is 10.2. The van der Waals surface area contributed by atoms with Crippen molar-refractivity contribution in [2.75, 3.05) is 20.6 Å². The fourth-order valence-corrected chi connectivity index (χ4v) is 3.13. The van der Waals surface area contributed by atoms with Gasteiger partial charge in [0.2, 0.25) is 5.89 Å². The number of hydrogen-bond donors (Lipinski definition) is 1. The summed E-state index contributed by atoms with van der Waals surface area (Å²) in [5.74, 6) is 3.11. The fourth-order valence-electron chi connectivity index (χ4n) is 2.44. The first-order valence-electron chi connectivity index (χ1n) is 7.81. The first kappa shape index (κ1) is 15.9. The Labute approximate surface area is 139 Å². The Hall–Kier alpha value is -1.96. The van der Waals surface area contributed by atoms with E-state index in [1.54, 1.807) is 18.4 Å². The first-order valence-corrected chi connectivity index (χ1v) is 8.69. The van der Waals surface area contributed by atoms with Gasteiger partial charge in [0, 0.05) is 44.1 Å². The zero-order valence-electron chi connectivity index (χ0n) is 13.7. The van der Waals surface area contributed by atoms with Gasteiger partial charge in [0.15, 0.2) is 11.8 Å². The Morgan fingerprint density at radius 1 is 1.57 bits per heavy atom. The summed E-state index contributed by atoms with van der Waals surface area (Å²) in [7, 11) is 3.79. The van der Waals surface area contributed by atoms with Crippen molar-refractivity contribution < 1.29 is 4.52 Å². The summed E-state index contributed by atoms with van der Waals surface area (Å²) < 4.78 is 5.28. The maximum atomic E-state index is 5.28. The molecule has 1 saturated carbocycles. The molecule has 0 aliphatic heterocycles. The van der Waals surface area contributed by atoms with Gasteiger partial charge in [-0.3, -0.25) is 4.99 Å². The fraction of sp³-hybridized carbons (Fsp3) is 0.600. The number of thiazole rings is 1. The number of likely N-dealkylation sites (N-methyl/N-ethyl adjacent to an activating group) is 1. The molecule has 1 aliphatic carbocycles. The SMILES string of the molecule is CN=C(NCc1nc(C2CC2)no1)N(C)C[C@H](C)c1nccs1. The molecule has 23 heavy (non-hydrogen) atoms. The molecule has 2 aromatic rings. The van der Waals surface area contributed by atoms with Crippen molar-refractivity contribution in [1.82, 2.24) is 25.3 Å². The predicted octanol–water partition coefficient (Wildman–Crippen LogP) is 2.21. The molecule has 3 rings (SSSR count). The highest BCUT2D eigenvalue weighted by Gasteiger charge is 2.28. The van der Waals surface area contributed by atoms with Gasteiger partial charge < -0.3 is 14.7 Å². The van der Waals surface area contributed by atoms with E-state index >= 15 is 0 Å². The maximum absolute atomic E-state index is 5.28. The largest absolute Gasteiger partial charge is 0.347 e. The number of nitrogens with one attached hydrogen (secondary N) is 1. The van der Waals surface area contributed by atoms with Crippen LogP contribution in [0.15, 0.2) is 21.1 Å². The smallest absolute Gasteiger partial charge is 0.246 e. The van der Waals surface area contributed by atoms with E-state index in [9.17, 15) is 0 Å². The molecule has 8 heteroatoms. The second-order valence-corrected chi connectivity index (χ2v) is 6.80. The van der Waals surface area contributed by atoms with Crippen LogP contribution in [0.1, 0.15) is 48.3 Å². The van der Waals surface area contributed by atoms with Gasteiger partial charge in [-0.05, 0) is 12.8 Å². The highest BCUT2D eigenvalue weighted by molar-refractivity contribution is 7.09. The first-order chi connectivity index (χ1) is 11.2. The van der Waals surface area contributed by atoms with Crippen LogP contribution in [-0.4, -0.2) is 46.6 Å². The molecule has 0 amide bonds. The molecule has 2 heterocycles. The summed E-state index contributed by atoms with van der Waals surface area (Å²) in [5.41, 5.74) is 0. The van der Waals surface area contributed by atoms with E-state index in [0.717, 1.165) is 23.3 Å². The van der Waals surface area contributed by atoms with E-state index in [1.165, 1.54) is 12.8 Å². The number of aromatic nitrogens is 3. The lowest BCUT2D eigenvalue weighted by Crippen LogP contribution is -2.40. The molecule has 0 spiro atoms. The molecule has 1 fully saturated rings. The minimum absolute atomic E-state index is 0.350. The highest BCUT2D eigenvalue weighted by Crippen LogP contribution is 2.38. The van der Waals surface area contributed by atoms with Crippen LogP contribution in [0, 0.1) is 0 Å². The zero-order valence-corrected chi connectivity index (χ0v) is 14.5. The van der Waals surface area contributed by atoms with E-state index < -0.39 is 0 Å². The summed E-state index contributed by atoms with van der Waals surface area (Å²) >= 11 is 1.68. The Morgan fingerprint density at radius 3 is 3.04 bits per heavy atom. The lowest BCUT2D eigenvalue weighted by molar-refractivity contribution is 0.365. The number of guanidine groups is 1. The van der Waals surface area contributed by atoms with Gasteiger partial charge in [0.1, 0.15) is 0 Å². The number of nitrogens with zero attached hydrogens (tertiary/aromatic N) is 5. The summed E-state index contributed by atoms with van der Waals surface area (Å²) in [4.78, 5) is 15.2. The quantitative estimate of drug-likeness (QED) is 0.644. The summed E-state index contributed by atoms with van der Waals surface area (Å²) in [6, 6.07) is 0. The van der Waals surface area contributed by atoms with Crippen LogP contribution in [0.4, 0.5) is 0 Å². The average molecular weight is 334 g/mol. The van der Waals surface area contributed by atoms with Gasteiger partial charge in [0.05, 0.1) is 11.6 Å². The molecule has 0 radical (unpaired) electrons. The standard InChI is InChI=1S/C15H22N6OS/c1-10(14-17-6-7-23-14)9-21(3)15(16-2)18-8-12-19-13(20-22-12)11-4-5-11/h6-7,10-11H,4-5,8-9H2,1-3H3,(H,16,18)/t10-/m0/s1. The van der Waals surface area contributed by atoms with Crippen LogP contribution in [0.5, 0.6) is 0 Å². The summed E-state index contributed by atoms with van der Waals surface area (Å²) in [6.07, 6.45) is 4.19. The number of hydrogen-bond acceptors (Lipinski definition) is 6. The van der Waals surface area contributed by atoms with Crippen molar-refractivity contribution in [3.8, 4) is 0 Å². The Morgan fingerprint density at radius 2 is 2.39 bits per heavy atom. The zero-order chi connectivity index (χ0) is 16.2. The minimum Gasteiger partial charge on any atom is -0.347 e. The van der Waals surface area contributed by atoms with E-state index in [-0.39, 0.29) is 0 Å². The van der Waals surface area contributed by atoms with Gasteiger partial charge in [-0.25, -0.2) is 4.98 Å². The van der Waals surface area contributed by atoms with Gasteiger partial charge >= 0.3 is 0 Å². The predicted molar refractivity (Wildman–Crippen MR) is 89.6 cm³/mol. The van der Waals surface area contributed by atoms with Crippen molar-refractivity contribution >= 4 is 17.3 Å². The van der Waals surface area contributed by atoms with Gasteiger partial charge in [-0.2, -0.15) is 4.98 Å².